The minimum absolute atomic E-state index is 0.0505. The summed E-state index contributed by atoms with van der Waals surface area (Å²) in [5, 5.41) is 68.4. The molecule has 0 aliphatic rings. The molecule has 0 aliphatic carbocycles. The second kappa shape index (κ2) is 14.0. The maximum Gasteiger partial charge on any atom is 0.355 e. The first-order valence-corrected chi connectivity index (χ1v) is 13.2. The van der Waals surface area contributed by atoms with E-state index in [9.17, 15) is 69.3 Å². The van der Waals surface area contributed by atoms with Gasteiger partial charge >= 0.3 is 41.8 Å². The Bertz CT molecular complexity index is 1690. The highest BCUT2D eigenvalue weighted by Crippen LogP contribution is 2.38. The Labute approximate surface area is 263 Å². The van der Waals surface area contributed by atoms with Crippen molar-refractivity contribution in [1.29, 1.82) is 0 Å². The van der Waals surface area contributed by atoms with E-state index < -0.39 is 100 Å². The number of carbonyl (C=O) groups excluding carboxylic acids is 2. The Morgan fingerprint density at radius 3 is 1.21 bits per heavy atom. The third-order valence-electron chi connectivity index (χ3n) is 6.87. The lowest BCUT2D eigenvalue weighted by molar-refractivity contribution is -0.166. The van der Waals surface area contributed by atoms with Crippen molar-refractivity contribution < 1.29 is 78.8 Å². The number of hydrogen-bond donors (Lipinski definition) is 7. The molecule has 16 heteroatoms. The van der Waals surface area contributed by atoms with Crippen LogP contribution in [0.4, 0.5) is 0 Å². The number of esters is 2. The molecule has 0 radical (unpaired) electrons. The largest absolute Gasteiger partial charge is 0.478 e. The summed E-state index contributed by atoms with van der Waals surface area (Å²) < 4.78 is 10.8. The number of hydrogen-bond acceptors (Lipinski definition) is 11. The van der Waals surface area contributed by atoms with Crippen molar-refractivity contribution in [1.82, 2.24) is 0 Å². The molecule has 0 saturated carbocycles. The van der Waals surface area contributed by atoms with Gasteiger partial charge in [0.2, 0.25) is 5.60 Å². The van der Waals surface area contributed by atoms with Crippen LogP contribution in [0.15, 0.2) is 48.5 Å². The lowest BCUT2D eigenvalue weighted by atomic mass is 9.84. The van der Waals surface area contributed by atoms with Crippen LogP contribution in [0.25, 0.3) is 0 Å². The van der Waals surface area contributed by atoms with Crippen LogP contribution in [0, 0.1) is 13.8 Å². The molecule has 7 N–H and O–H groups in total. The summed E-state index contributed by atoms with van der Waals surface area (Å²) >= 11 is 0. The monoisotopic (exact) mass is 654 g/mol. The number of aryl methyl sites for hydroxylation is 2. The molecule has 16 nitrogen and oxygen atoms in total. The van der Waals surface area contributed by atoms with Gasteiger partial charge in [-0.05, 0) is 25.0 Å². The van der Waals surface area contributed by atoms with Gasteiger partial charge < -0.3 is 45.2 Å². The third-order valence-corrected chi connectivity index (χ3v) is 6.87. The number of carboxylic acids is 5. The van der Waals surface area contributed by atoms with Crippen molar-refractivity contribution in [3.63, 3.8) is 0 Å². The Morgan fingerprint density at radius 2 is 0.915 bits per heavy atom. The Hall–Kier alpha value is -5.97. The molecule has 1 atom stereocenters. The highest BCUT2D eigenvalue weighted by Gasteiger charge is 2.48. The fraction of sp³-hybridized carbons (Fsp3) is 0.194. The first kappa shape index (κ1) is 35.5. The number of carboxylic acid groups (broad SMARTS) is 5. The fourth-order valence-electron chi connectivity index (χ4n) is 4.71. The molecule has 1 unspecified atom stereocenters. The molecule has 3 aromatic rings. The number of rotatable bonds is 13. The van der Waals surface area contributed by atoms with Gasteiger partial charge in [-0.1, -0.05) is 59.7 Å². The lowest BCUT2D eigenvalue weighted by Crippen LogP contribution is -2.44. The molecule has 0 aromatic heterocycles. The summed E-state index contributed by atoms with van der Waals surface area (Å²) in [7, 11) is 0. The number of aromatic carboxylic acids is 5. The first-order valence-electron chi connectivity index (χ1n) is 13.2. The molecule has 0 heterocycles. The van der Waals surface area contributed by atoms with Crippen LogP contribution in [0.1, 0.15) is 84.4 Å². The smallest absolute Gasteiger partial charge is 0.355 e. The van der Waals surface area contributed by atoms with Crippen LogP contribution in [0.3, 0.4) is 0 Å². The molecule has 0 aliphatic heterocycles. The summed E-state index contributed by atoms with van der Waals surface area (Å²) in [6, 6.07) is 11.5. The third kappa shape index (κ3) is 6.84. The van der Waals surface area contributed by atoms with Crippen LogP contribution in [0.2, 0.25) is 0 Å². The van der Waals surface area contributed by atoms with Gasteiger partial charge in [0.15, 0.2) is 0 Å². The second-order valence-corrected chi connectivity index (χ2v) is 10.0. The molecule has 0 saturated heterocycles. The zero-order valence-corrected chi connectivity index (χ0v) is 24.4. The maximum atomic E-state index is 14.2. The zero-order valence-electron chi connectivity index (χ0n) is 24.4. The van der Waals surface area contributed by atoms with Gasteiger partial charge in [0, 0.05) is 0 Å². The van der Waals surface area contributed by atoms with Gasteiger partial charge in [0.05, 0.1) is 46.6 Å². The van der Waals surface area contributed by atoms with Crippen molar-refractivity contribution in [3.8, 4) is 0 Å². The normalized spacial score (nSPS) is 11.7. The number of aliphatic hydroxyl groups excluding tert-OH is 2. The summed E-state index contributed by atoms with van der Waals surface area (Å²) in [5.74, 6) is -15.7. The topological polar surface area (TPSA) is 280 Å². The molecule has 246 valence electrons. The average molecular weight is 655 g/mol. The molecule has 3 aromatic carbocycles. The van der Waals surface area contributed by atoms with Crippen LogP contribution in [-0.4, -0.2) is 96.8 Å². The zero-order chi connectivity index (χ0) is 35.4. The van der Waals surface area contributed by atoms with Crippen molar-refractivity contribution in [2.45, 2.75) is 25.6 Å². The highest BCUT2D eigenvalue weighted by molar-refractivity contribution is 6.23. The molecule has 0 amide bonds. The van der Waals surface area contributed by atoms with E-state index in [1.54, 1.807) is 13.8 Å². The predicted molar refractivity (Wildman–Crippen MR) is 154 cm³/mol. The SMILES string of the molecule is Cc1ccc(C(OCC(O)CO)(C(=O)OC(=O)c2c(C(=O)O)c(C(=O)O)c(C(=O)O)c(C(=O)O)c2C(=O)O)c2ccc(C)cc2)cc1. The Balaban J connectivity index is 2.44. The van der Waals surface area contributed by atoms with E-state index >= 15 is 0 Å². The number of aliphatic hydroxyl groups is 2. The van der Waals surface area contributed by atoms with E-state index in [0.717, 1.165) is 0 Å². The first-order chi connectivity index (χ1) is 22.0. The molecular weight excluding hydrogens is 628 g/mol. The lowest BCUT2D eigenvalue weighted by Gasteiger charge is -2.33. The van der Waals surface area contributed by atoms with E-state index in [0.29, 0.717) is 11.1 Å². The molecule has 0 bridgehead atoms. The maximum absolute atomic E-state index is 14.2. The second-order valence-electron chi connectivity index (χ2n) is 10.0. The van der Waals surface area contributed by atoms with E-state index in [-0.39, 0.29) is 11.1 Å². The van der Waals surface area contributed by atoms with Crippen molar-refractivity contribution >= 4 is 41.8 Å². The number of carbonyl (C=O) groups is 7. The minimum atomic E-state index is -2.52. The fourth-order valence-corrected chi connectivity index (χ4v) is 4.71. The number of benzene rings is 3. The molecular formula is C31H26O16. The number of ether oxygens (including phenoxy) is 2. The predicted octanol–water partition coefficient (Wildman–Crippen LogP) is 1.79. The van der Waals surface area contributed by atoms with Gasteiger partial charge in [-0.15, -0.1) is 0 Å². The molecule has 0 spiro atoms. The van der Waals surface area contributed by atoms with Gasteiger partial charge in [0.1, 0.15) is 6.10 Å². The van der Waals surface area contributed by atoms with Gasteiger partial charge in [0.25, 0.3) is 0 Å². The van der Waals surface area contributed by atoms with Crippen LogP contribution >= 0.6 is 0 Å². The van der Waals surface area contributed by atoms with E-state index in [2.05, 4.69) is 0 Å². The standard InChI is InChI=1S/C31H26O16/c1-13-3-7-15(8-4-13)31(46-12-17(33)11-32,16-9-5-14(2)6-10-16)30(45)47-29(44)23-21(27(40)41)19(25(36)37)18(24(34)35)20(26(38)39)22(23)28(42)43/h3-10,17,32-33H,11-12H2,1-2H3,(H,34,35)(H,36,37)(H,38,39)(H,40,41)(H,42,43). The van der Waals surface area contributed by atoms with E-state index in [1.807, 2.05) is 0 Å². The quantitative estimate of drug-likeness (QED) is 0.102. The Kier molecular flexibility index (Phi) is 10.6. The Morgan fingerprint density at radius 1 is 0.596 bits per heavy atom. The summed E-state index contributed by atoms with van der Waals surface area (Å²) in [6.45, 7) is 1.76. The van der Waals surface area contributed by atoms with E-state index in [1.165, 1.54) is 48.5 Å². The summed E-state index contributed by atoms with van der Waals surface area (Å²) in [4.78, 5) is 88.7. The van der Waals surface area contributed by atoms with Crippen molar-refractivity contribution in [2.24, 2.45) is 0 Å². The summed E-state index contributed by atoms with van der Waals surface area (Å²) in [5.41, 5.74) is -11.9. The van der Waals surface area contributed by atoms with Crippen LogP contribution < -0.4 is 0 Å². The highest BCUT2D eigenvalue weighted by atomic mass is 16.6. The molecule has 3 rings (SSSR count). The molecule has 47 heavy (non-hydrogen) atoms. The van der Waals surface area contributed by atoms with Crippen LogP contribution in [-0.2, 0) is 19.9 Å². The van der Waals surface area contributed by atoms with Crippen molar-refractivity contribution in [2.75, 3.05) is 13.2 Å². The average Bonchev–Trinajstić information content (AvgIpc) is 3.00. The van der Waals surface area contributed by atoms with Gasteiger partial charge in [-0.2, -0.15) is 0 Å². The minimum Gasteiger partial charge on any atom is -0.478 e. The van der Waals surface area contributed by atoms with Crippen molar-refractivity contribution in [3.05, 3.63) is 104 Å². The molecule has 0 fully saturated rings. The van der Waals surface area contributed by atoms with E-state index in [4.69, 9.17) is 9.47 Å². The van der Waals surface area contributed by atoms with Gasteiger partial charge in [-0.3, -0.25) is 0 Å². The van der Waals surface area contributed by atoms with Crippen LogP contribution in [0.5, 0.6) is 0 Å². The van der Waals surface area contributed by atoms with Gasteiger partial charge in [-0.25, -0.2) is 33.6 Å². The summed E-state index contributed by atoms with van der Waals surface area (Å²) in [6.07, 6.45) is -1.59.